The van der Waals surface area contributed by atoms with E-state index in [-0.39, 0.29) is 30.3 Å². The lowest BCUT2D eigenvalue weighted by Gasteiger charge is -2.41. The Morgan fingerprint density at radius 2 is 1.70 bits per heavy atom. The van der Waals surface area contributed by atoms with Gasteiger partial charge in [-0.2, -0.15) is 0 Å². The number of rotatable bonds is 7. The molecule has 0 bridgehead atoms. The minimum atomic E-state index is -0.472. The third kappa shape index (κ3) is 6.85. The third-order valence-electron chi connectivity index (χ3n) is 9.92. The summed E-state index contributed by atoms with van der Waals surface area (Å²) in [6.45, 7) is 9.26. The zero-order valence-electron chi connectivity index (χ0n) is 25.5. The molecule has 238 valence electrons. The Hall–Kier alpha value is -2.86. The average molecular weight is 642 g/mol. The van der Waals surface area contributed by atoms with E-state index < -0.39 is 5.92 Å². The molecule has 4 N–H and O–H groups in total. The Labute approximate surface area is 268 Å². The molecule has 1 atom stereocenters. The molecule has 0 spiro atoms. The van der Waals surface area contributed by atoms with Gasteiger partial charge >= 0.3 is 6.03 Å². The van der Waals surface area contributed by atoms with Crippen LogP contribution in [0, 0.1) is 12.8 Å². The number of carbonyl (C=O) groups is 3. The quantitative estimate of drug-likeness (QED) is 0.397. The van der Waals surface area contributed by atoms with E-state index in [9.17, 15) is 14.4 Å². The Bertz CT molecular complexity index is 1340. The van der Waals surface area contributed by atoms with Crippen molar-refractivity contribution >= 4 is 51.5 Å². The van der Waals surface area contributed by atoms with Gasteiger partial charge in [0.2, 0.25) is 11.8 Å². The number of nitrogen functional groups attached to an aromatic ring is 1. The highest BCUT2D eigenvalue weighted by molar-refractivity contribution is 7.14. The minimum absolute atomic E-state index is 0.000942. The zero-order valence-corrected chi connectivity index (χ0v) is 27.1. The number of aryl methyl sites for hydroxylation is 1. The molecular formula is C32H44ClN7O3S. The van der Waals surface area contributed by atoms with Crippen molar-refractivity contribution in [3.05, 3.63) is 45.3 Å². The molecule has 5 heterocycles. The number of urea groups is 1. The van der Waals surface area contributed by atoms with Crippen LogP contribution in [0.2, 0.25) is 5.02 Å². The number of thiophene rings is 1. The lowest BCUT2D eigenvalue weighted by Crippen LogP contribution is -2.53. The second-order valence-electron chi connectivity index (χ2n) is 12.7. The second kappa shape index (κ2) is 13.6. The summed E-state index contributed by atoms with van der Waals surface area (Å²) in [5.74, 6) is -0.423. The van der Waals surface area contributed by atoms with Crippen molar-refractivity contribution in [2.75, 3.05) is 63.4 Å². The van der Waals surface area contributed by atoms with Crippen LogP contribution in [-0.2, 0) is 22.6 Å². The lowest BCUT2D eigenvalue weighted by molar-refractivity contribution is -0.143. The number of anilines is 2. The number of hydrogen-bond donors (Lipinski definition) is 3. The highest BCUT2D eigenvalue weighted by Crippen LogP contribution is 2.32. The van der Waals surface area contributed by atoms with Crippen LogP contribution < -0.4 is 16.4 Å². The van der Waals surface area contributed by atoms with E-state index in [1.54, 1.807) is 11.3 Å². The van der Waals surface area contributed by atoms with Crippen molar-refractivity contribution in [1.29, 1.82) is 0 Å². The van der Waals surface area contributed by atoms with Gasteiger partial charge in [-0.3, -0.25) is 19.8 Å². The van der Waals surface area contributed by atoms with Crippen molar-refractivity contribution in [1.82, 2.24) is 24.9 Å². The summed E-state index contributed by atoms with van der Waals surface area (Å²) in [6.07, 6.45) is 3.97. The van der Waals surface area contributed by atoms with Crippen molar-refractivity contribution in [2.24, 2.45) is 5.92 Å². The van der Waals surface area contributed by atoms with Gasteiger partial charge in [0, 0.05) is 76.4 Å². The van der Waals surface area contributed by atoms with E-state index in [4.69, 9.17) is 17.3 Å². The van der Waals surface area contributed by atoms with Gasteiger partial charge in [0.1, 0.15) is 5.00 Å². The Balaban J connectivity index is 1.09. The molecule has 3 fully saturated rings. The number of nitrogens with zero attached hydrogens (tertiary/aromatic N) is 4. The number of likely N-dealkylation sites (tertiary alicyclic amines) is 2. The number of halogens is 1. The molecule has 3 saturated heterocycles. The number of piperidine rings is 2. The minimum Gasteiger partial charge on any atom is -0.397 e. The smallest absolute Gasteiger partial charge is 0.323 e. The summed E-state index contributed by atoms with van der Waals surface area (Å²) in [6, 6.07) is 6.41. The van der Waals surface area contributed by atoms with E-state index in [0.29, 0.717) is 42.8 Å². The molecule has 10 nitrogen and oxygen atoms in total. The predicted octanol–water partition coefficient (Wildman–Crippen LogP) is 3.78. The van der Waals surface area contributed by atoms with Crippen LogP contribution in [0.4, 0.5) is 15.5 Å². The highest BCUT2D eigenvalue weighted by atomic mass is 35.5. The number of hydrogen-bond acceptors (Lipinski definition) is 7. The van der Waals surface area contributed by atoms with Crippen molar-refractivity contribution < 1.29 is 14.4 Å². The Kier molecular flexibility index (Phi) is 9.65. The molecule has 4 amide bonds. The van der Waals surface area contributed by atoms with Gasteiger partial charge in [0.05, 0.1) is 23.2 Å². The number of carbonyl (C=O) groups excluding carboxylic acids is 3. The van der Waals surface area contributed by atoms with Crippen LogP contribution in [-0.4, -0.2) is 102 Å². The first-order valence-electron chi connectivity index (χ1n) is 16.0. The van der Waals surface area contributed by atoms with Gasteiger partial charge in [-0.1, -0.05) is 17.7 Å². The van der Waals surface area contributed by atoms with Crippen LogP contribution in [0.3, 0.4) is 0 Å². The largest absolute Gasteiger partial charge is 0.397 e. The van der Waals surface area contributed by atoms with Crippen molar-refractivity contribution in [3.63, 3.8) is 0 Å². The molecule has 2 aromatic rings. The first kappa shape index (κ1) is 31.1. The first-order valence-corrected chi connectivity index (χ1v) is 17.2. The number of nitrogens with one attached hydrogen (secondary N) is 2. The maximum absolute atomic E-state index is 14.0. The molecule has 0 unspecified atom stereocenters. The maximum Gasteiger partial charge on any atom is 0.323 e. The van der Waals surface area contributed by atoms with Crippen LogP contribution >= 0.6 is 22.9 Å². The monoisotopic (exact) mass is 641 g/mol. The molecule has 4 aliphatic heterocycles. The number of nitrogens with two attached hydrogens (primary N) is 1. The molecule has 12 heteroatoms. The van der Waals surface area contributed by atoms with Gasteiger partial charge < -0.3 is 25.8 Å². The topological polar surface area (TPSA) is 114 Å². The Morgan fingerprint density at radius 3 is 2.41 bits per heavy atom. The summed E-state index contributed by atoms with van der Waals surface area (Å²) in [5, 5.41) is 9.84. The molecule has 44 heavy (non-hydrogen) atoms. The van der Waals surface area contributed by atoms with Crippen molar-refractivity contribution in [3.8, 4) is 0 Å². The Morgan fingerprint density at radius 1 is 1.02 bits per heavy atom. The fraction of sp³-hybridized carbons (Fsp3) is 0.594. The normalized spacial score (nSPS) is 21.2. The van der Waals surface area contributed by atoms with Crippen LogP contribution in [0.15, 0.2) is 23.6 Å². The fourth-order valence-corrected chi connectivity index (χ4v) is 8.38. The van der Waals surface area contributed by atoms with Crippen LogP contribution in [0.25, 0.3) is 0 Å². The molecule has 1 aromatic heterocycles. The predicted molar refractivity (Wildman–Crippen MR) is 175 cm³/mol. The average Bonchev–Trinajstić information content (AvgIpc) is 3.50. The van der Waals surface area contributed by atoms with Crippen molar-refractivity contribution in [2.45, 2.75) is 64.1 Å². The summed E-state index contributed by atoms with van der Waals surface area (Å²) in [5.41, 5.74) is 9.59. The first-order chi connectivity index (χ1) is 21.3. The third-order valence-corrected chi connectivity index (χ3v) is 11.1. The maximum atomic E-state index is 14.0. The van der Waals surface area contributed by atoms with E-state index in [1.165, 1.54) is 0 Å². The van der Waals surface area contributed by atoms with Gasteiger partial charge in [0.15, 0.2) is 0 Å². The molecule has 1 aromatic carbocycles. The molecule has 0 aliphatic carbocycles. The van der Waals surface area contributed by atoms with Gasteiger partial charge in [-0.25, -0.2) is 4.79 Å². The molecule has 0 radical (unpaired) electrons. The summed E-state index contributed by atoms with van der Waals surface area (Å²) < 4.78 is 0. The number of fused-ring (bicyclic) bond motifs is 1. The molecular weight excluding hydrogens is 598 g/mol. The molecule has 6 rings (SSSR count). The molecule has 4 aliphatic rings. The van der Waals surface area contributed by atoms with Gasteiger partial charge in [0.25, 0.3) is 0 Å². The van der Waals surface area contributed by atoms with E-state index in [2.05, 4.69) is 21.6 Å². The second-order valence-corrected chi connectivity index (χ2v) is 14.0. The fourth-order valence-electron chi connectivity index (χ4n) is 7.29. The van der Waals surface area contributed by atoms with E-state index in [1.807, 2.05) is 39.1 Å². The van der Waals surface area contributed by atoms with Crippen LogP contribution in [0.1, 0.15) is 48.8 Å². The van der Waals surface area contributed by atoms with Gasteiger partial charge in [-0.15, -0.1) is 11.3 Å². The van der Waals surface area contributed by atoms with E-state index in [0.717, 1.165) is 86.6 Å². The summed E-state index contributed by atoms with van der Waals surface area (Å²) >= 11 is 7.97. The number of benzene rings is 1. The summed E-state index contributed by atoms with van der Waals surface area (Å²) in [7, 11) is 0. The zero-order chi connectivity index (χ0) is 30.8. The SMILES string of the molecule is Cc1cc(C[C@@H](CC(=O)N2CCC(N3Cc4ccsc4NC3=O)CC2)C(=O)N2CCC(N3CCNCC3)CC2)cc(Cl)c1N. The number of piperazine rings is 1. The highest BCUT2D eigenvalue weighted by Gasteiger charge is 2.36. The van der Waals surface area contributed by atoms with E-state index >= 15 is 0 Å². The van der Waals surface area contributed by atoms with Gasteiger partial charge in [-0.05, 0) is 67.7 Å². The lowest BCUT2D eigenvalue weighted by atomic mass is 9.91. The van der Waals surface area contributed by atoms with Crippen LogP contribution in [0.5, 0.6) is 0 Å². The summed E-state index contributed by atoms with van der Waals surface area (Å²) in [4.78, 5) is 48.8. The standard InChI is InChI=1S/C32H44ClN7O3S/c1-21-16-22(18-27(33)29(21)34)17-24(31(42)39-11-2-25(3-12-39)37-13-7-35-8-14-37)19-28(41)38-9-4-26(5-10-38)40-20-23-6-15-44-30(23)36-32(40)43/h6,15-16,18,24-26,35H,2-5,7-14,17,19-20,34H2,1H3,(H,36,43)/t24-/m0/s1. The number of amides is 4. The molecule has 0 saturated carbocycles.